The van der Waals surface area contributed by atoms with Crippen LogP contribution in [0.15, 0.2) is 18.2 Å². The summed E-state index contributed by atoms with van der Waals surface area (Å²) in [4.78, 5) is 2.00. The number of rotatable bonds is 7. The highest BCUT2D eigenvalue weighted by Gasteiger charge is 2.33. The molecule has 0 bridgehead atoms. The summed E-state index contributed by atoms with van der Waals surface area (Å²) in [5.74, 6) is -0.171. The molecule has 1 saturated carbocycles. The number of halogens is 1. The quantitative estimate of drug-likeness (QED) is 0.806. The first-order valence-corrected chi connectivity index (χ1v) is 7.54. The average Bonchev–Trinajstić information content (AvgIpc) is 2.40. The van der Waals surface area contributed by atoms with Crippen molar-refractivity contribution in [3.05, 3.63) is 29.6 Å². The van der Waals surface area contributed by atoms with Gasteiger partial charge in [0.25, 0.3) is 0 Å². The minimum absolute atomic E-state index is 0.171. The highest BCUT2D eigenvalue weighted by Crippen LogP contribution is 2.30. The summed E-state index contributed by atoms with van der Waals surface area (Å²) in [5.41, 5.74) is 1.05. The van der Waals surface area contributed by atoms with Crippen LogP contribution in [0.3, 0.4) is 0 Å². The van der Waals surface area contributed by atoms with Crippen LogP contribution >= 0.6 is 0 Å². The van der Waals surface area contributed by atoms with Crippen LogP contribution < -0.4 is 10.2 Å². The van der Waals surface area contributed by atoms with Gasteiger partial charge in [0.05, 0.1) is 11.3 Å². The van der Waals surface area contributed by atoms with Crippen LogP contribution in [0.2, 0.25) is 0 Å². The zero-order chi connectivity index (χ0) is 14.6. The van der Waals surface area contributed by atoms with E-state index in [1.54, 1.807) is 6.07 Å². The van der Waals surface area contributed by atoms with E-state index < -0.39 is 5.60 Å². The number of benzene rings is 1. The molecule has 0 aliphatic heterocycles. The highest BCUT2D eigenvalue weighted by atomic mass is 19.1. The number of nitrogens with one attached hydrogen (secondary N) is 1. The van der Waals surface area contributed by atoms with Crippen molar-refractivity contribution < 1.29 is 9.50 Å². The Hall–Kier alpha value is -1.13. The normalized spacial score (nSPS) is 16.8. The summed E-state index contributed by atoms with van der Waals surface area (Å²) in [6, 6.07) is 5.39. The molecule has 112 valence electrons. The van der Waals surface area contributed by atoms with Crippen molar-refractivity contribution in [2.24, 2.45) is 0 Å². The number of aliphatic hydroxyl groups is 1. The third kappa shape index (κ3) is 3.49. The van der Waals surface area contributed by atoms with Gasteiger partial charge < -0.3 is 15.3 Å². The lowest BCUT2D eigenvalue weighted by atomic mass is 9.80. The van der Waals surface area contributed by atoms with Crippen LogP contribution in [0.25, 0.3) is 0 Å². The van der Waals surface area contributed by atoms with Crippen LogP contribution in [0.1, 0.15) is 38.7 Å². The number of hydrogen-bond donors (Lipinski definition) is 2. The molecule has 4 heteroatoms. The van der Waals surface area contributed by atoms with Crippen molar-refractivity contribution in [3.8, 4) is 0 Å². The summed E-state index contributed by atoms with van der Waals surface area (Å²) in [6.45, 7) is 6.84. The summed E-state index contributed by atoms with van der Waals surface area (Å²) >= 11 is 0. The molecule has 0 aromatic heterocycles. The minimum Gasteiger partial charge on any atom is -0.389 e. The molecule has 0 unspecified atom stereocenters. The van der Waals surface area contributed by atoms with E-state index in [9.17, 15) is 9.50 Å². The van der Waals surface area contributed by atoms with E-state index in [-0.39, 0.29) is 5.82 Å². The standard InChI is InChI=1S/C16H25FN2O/c1-3-19(4-2)15-7-6-13(10-14(15)17)11-18-12-16(20)8-5-9-16/h6-7,10,18,20H,3-5,8-9,11-12H2,1-2H3. The Morgan fingerprint density at radius 1 is 1.30 bits per heavy atom. The molecule has 0 heterocycles. The van der Waals surface area contributed by atoms with Crippen LogP contribution in [0.4, 0.5) is 10.1 Å². The molecule has 0 spiro atoms. The Kier molecular flexibility index (Phi) is 5.00. The van der Waals surface area contributed by atoms with Crippen molar-refractivity contribution in [1.82, 2.24) is 5.32 Å². The van der Waals surface area contributed by atoms with Crippen molar-refractivity contribution in [2.75, 3.05) is 24.5 Å². The molecule has 1 aromatic carbocycles. The summed E-state index contributed by atoms with van der Waals surface area (Å²) in [6.07, 6.45) is 2.84. The fourth-order valence-corrected chi connectivity index (χ4v) is 2.68. The van der Waals surface area contributed by atoms with Gasteiger partial charge in [0.2, 0.25) is 0 Å². The minimum atomic E-state index is -0.528. The summed E-state index contributed by atoms with van der Waals surface area (Å²) in [7, 11) is 0. The Morgan fingerprint density at radius 2 is 2.00 bits per heavy atom. The maximum absolute atomic E-state index is 14.1. The predicted octanol–water partition coefficient (Wildman–Crippen LogP) is 2.68. The molecular formula is C16H25FN2O. The summed E-state index contributed by atoms with van der Waals surface area (Å²) in [5, 5.41) is 13.2. The van der Waals surface area contributed by atoms with Gasteiger partial charge in [-0.2, -0.15) is 0 Å². The van der Waals surface area contributed by atoms with Gasteiger partial charge in [-0.1, -0.05) is 6.07 Å². The molecule has 0 atom stereocenters. The fourth-order valence-electron chi connectivity index (χ4n) is 2.68. The van der Waals surface area contributed by atoms with Gasteiger partial charge in [-0.3, -0.25) is 0 Å². The van der Waals surface area contributed by atoms with Crippen molar-refractivity contribution in [2.45, 2.75) is 45.3 Å². The molecule has 3 nitrogen and oxygen atoms in total. The van der Waals surface area contributed by atoms with Crippen molar-refractivity contribution >= 4 is 5.69 Å². The molecule has 20 heavy (non-hydrogen) atoms. The molecule has 2 rings (SSSR count). The molecule has 0 amide bonds. The Balaban J connectivity index is 1.91. The van der Waals surface area contributed by atoms with Gasteiger partial charge in [-0.05, 0) is 50.8 Å². The molecule has 1 aliphatic rings. The molecule has 0 radical (unpaired) electrons. The molecular weight excluding hydrogens is 255 g/mol. The molecule has 2 N–H and O–H groups in total. The van der Waals surface area contributed by atoms with E-state index in [1.807, 2.05) is 30.9 Å². The molecule has 1 aromatic rings. The first-order valence-electron chi connectivity index (χ1n) is 7.54. The zero-order valence-corrected chi connectivity index (χ0v) is 12.5. The van der Waals surface area contributed by atoms with Crippen LogP contribution in [-0.2, 0) is 6.54 Å². The first-order chi connectivity index (χ1) is 9.58. The lowest BCUT2D eigenvalue weighted by Crippen LogP contribution is -2.45. The third-order valence-electron chi connectivity index (χ3n) is 4.18. The lowest BCUT2D eigenvalue weighted by molar-refractivity contribution is -0.0314. The van der Waals surface area contributed by atoms with Gasteiger partial charge >= 0.3 is 0 Å². The van der Waals surface area contributed by atoms with E-state index in [2.05, 4.69) is 5.32 Å². The van der Waals surface area contributed by atoms with E-state index in [4.69, 9.17) is 0 Å². The van der Waals surface area contributed by atoms with E-state index in [0.717, 1.165) is 37.9 Å². The largest absolute Gasteiger partial charge is 0.389 e. The van der Waals surface area contributed by atoms with Gasteiger partial charge in [0, 0.05) is 26.2 Å². The van der Waals surface area contributed by atoms with Crippen LogP contribution in [-0.4, -0.2) is 30.3 Å². The smallest absolute Gasteiger partial charge is 0.146 e. The number of anilines is 1. The Labute approximate surface area is 120 Å². The van der Waals surface area contributed by atoms with E-state index >= 15 is 0 Å². The predicted molar refractivity (Wildman–Crippen MR) is 80.5 cm³/mol. The average molecular weight is 280 g/mol. The first kappa shape index (κ1) is 15.3. The Morgan fingerprint density at radius 3 is 2.50 bits per heavy atom. The molecule has 1 aliphatic carbocycles. The number of hydrogen-bond acceptors (Lipinski definition) is 3. The second kappa shape index (κ2) is 6.55. The SMILES string of the molecule is CCN(CC)c1ccc(CNCC2(O)CCC2)cc1F. The van der Waals surface area contributed by atoms with Crippen molar-refractivity contribution in [3.63, 3.8) is 0 Å². The maximum atomic E-state index is 14.1. The highest BCUT2D eigenvalue weighted by molar-refractivity contribution is 5.49. The molecule has 0 saturated heterocycles. The second-order valence-corrected chi connectivity index (χ2v) is 5.64. The lowest BCUT2D eigenvalue weighted by Gasteiger charge is -2.36. The van der Waals surface area contributed by atoms with Gasteiger partial charge in [-0.25, -0.2) is 4.39 Å². The monoisotopic (exact) mass is 280 g/mol. The van der Waals surface area contributed by atoms with Gasteiger partial charge in [0.15, 0.2) is 0 Å². The van der Waals surface area contributed by atoms with E-state index in [1.165, 1.54) is 0 Å². The second-order valence-electron chi connectivity index (χ2n) is 5.64. The van der Waals surface area contributed by atoms with Crippen LogP contribution in [0, 0.1) is 5.82 Å². The topological polar surface area (TPSA) is 35.5 Å². The van der Waals surface area contributed by atoms with Gasteiger partial charge in [-0.15, -0.1) is 0 Å². The fraction of sp³-hybridized carbons (Fsp3) is 0.625. The summed E-state index contributed by atoms with van der Waals surface area (Å²) < 4.78 is 14.1. The zero-order valence-electron chi connectivity index (χ0n) is 12.5. The van der Waals surface area contributed by atoms with Gasteiger partial charge in [0.1, 0.15) is 5.82 Å². The van der Waals surface area contributed by atoms with Crippen molar-refractivity contribution in [1.29, 1.82) is 0 Å². The van der Waals surface area contributed by atoms with Crippen LogP contribution in [0.5, 0.6) is 0 Å². The maximum Gasteiger partial charge on any atom is 0.146 e. The van der Waals surface area contributed by atoms with E-state index in [0.29, 0.717) is 18.8 Å². The number of nitrogens with zero attached hydrogens (tertiary/aromatic N) is 1. The third-order valence-corrected chi connectivity index (χ3v) is 4.18. The Bertz CT molecular complexity index is 442. The molecule has 1 fully saturated rings.